The van der Waals surface area contributed by atoms with Crippen molar-refractivity contribution in [1.82, 2.24) is 14.5 Å². The van der Waals surface area contributed by atoms with E-state index in [9.17, 15) is 22.8 Å². The van der Waals surface area contributed by atoms with Gasteiger partial charge in [-0.3, -0.25) is 14.3 Å². The van der Waals surface area contributed by atoms with Crippen molar-refractivity contribution in [3.05, 3.63) is 89.5 Å². The molecule has 0 bridgehead atoms. The predicted molar refractivity (Wildman–Crippen MR) is 158 cm³/mol. The SMILES string of the molecule is Cc1ccc(C(C)C)c(N2C(=O)CSC2=NC(=O)Nc2ccc(-c3cn(-c4ccc(C(F)(F)F)cn4)cn3)cc2C)c1. The number of nitrogens with zero attached hydrogens (tertiary/aromatic N) is 5. The Morgan fingerprint density at radius 2 is 1.86 bits per heavy atom. The molecule has 1 aliphatic heterocycles. The highest BCUT2D eigenvalue weighted by Gasteiger charge is 2.33. The van der Waals surface area contributed by atoms with Gasteiger partial charge < -0.3 is 5.32 Å². The summed E-state index contributed by atoms with van der Waals surface area (Å²) in [4.78, 5) is 39.8. The van der Waals surface area contributed by atoms with Crippen LogP contribution in [0.1, 0.15) is 42.0 Å². The number of thioether (sulfide) groups is 1. The van der Waals surface area contributed by atoms with Crippen LogP contribution in [-0.2, 0) is 11.0 Å². The van der Waals surface area contributed by atoms with E-state index in [1.807, 2.05) is 52.0 Å². The smallest absolute Gasteiger partial charge is 0.306 e. The van der Waals surface area contributed by atoms with Gasteiger partial charge in [0.1, 0.15) is 12.1 Å². The first-order valence-electron chi connectivity index (χ1n) is 13.1. The molecule has 0 radical (unpaired) electrons. The lowest BCUT2D eigenvalue weighted by Crippen LogP contribution is -2.31. The van der Waals surface area contributed by atoms with Crippen LogP contribution in [0.25, 0.3) is 17.1 Å². The molecule has 0 saturated carbocycles. The molecule has 42 heavy (non-hydrogen) atoms. The summed E-state index contributed by atoms with van der Waals surface area (Å²) in [6.07, 6.45) is -0.549. The lowest BCUT2D eigenvalue weighted by molar-refractivity contribution is -0.137. The molecule has 12 heteroatoms. The van der Waals surface area contributed by atoms with E-state index < -0.39 is 17.8 Å². The number of carbonyl (C=O) groups excluding carboxylic acids is 2. The Bertz CT molecular complexity index is 1700. The lowest BCUT2D eigenvalue weighted by atomic mass is 9.99. The van der Waals surface area contributed by atoms with Crippen molar-refractivity contribution in [3.63, 3.8) is 0 Å². The summed E-state index contributed by atoms with van der Waals surface area (Å²) in [7, 11) is 0. The van der Waals surface area contributed by atoms with Crippen LogP contribution in [0.4, 0.5) is 29.3 Å². The largest absolute Gasteiger partial charge is 0.417 e. The van der Waals surface area contributed by atoms with Crippen LogP contribution < -0.4 is 10.2 Å². The monoisotopic (exact) mass is 592 g/mol. The van der Waals surface area contributed by atoms with Gasteiger partial charge in [0.2, 0.25) is 5.91 Å². The molecule has 216 valence electrons. The van der Waals surface area contributed by atoms with Crippen molar-refractivity contribution >= 4 is 40.2 Å². The fourth-order valence-electron chi connectivity index (χ4n) is 4.51. The Hall–Kier alpha value is -4.45. The van der Waals surface area contributed by atoms with Crippen molar-refractivity contribution in [1.29, 1.82) is 0 Å². The molecular formula is C30H27F3N6O2S. The molecule has 1 saturated heterocycles. The quantitative estimate of drug-likeness (QED) is 0.261. The summed E-state index contributed by atoms with van der Waals surface area (Å²) in [5.74, 6) is 0.531. The molecule has 5 rings (SSSR count). The lowest BCUT2D eigenvalue weighted by Gasteiger charge is -2.22. The first kappa shape index (κ1) is 29.1. The number of imidazole rings is 1. The number of pyridine rings is 1. The number of benzene rings is 2. The number of hydrogen-bond acceptors (Lipinski definition) is 5. The molecule has 2 aromatic heterocycles. The van der Waals surface area contributed by atoms with Gasteiger partial charge in [-0.2, -0.15) is 18.2 Å². The van der Waals surface area contributed by atoms with Crippen LogP contribution in [0.3, 0.4) is 0 Å². The molecule has 4 aromatic rings. The molecule has 3 heterocycles. The number of carbonyl (C=O) groups is 2. The molecular weight excluding hydrogens is 565 g/mol. The van der Waals surface area contributed by atoms with Crippen molar-refractivity contribution in [2.75, 3.05) is 16.0 Å². The van der Waals surface area contributed by atoms with Gasteiger partial charge in [0.05, 0.1) is 22.7 Å². The van der Waals surface area contributed by atoms with E-state index in [0.29, 0.717) is 22.4 Å². The summed E-state index contributed by atoms with van der Waals surface area (Å²) in [5.41, 5.74) is 4.50. The number of aliphatic imine (C=N–C) groups is 1. The first-order chi connectivity index (χ1) is 19.9. The number of rotatable bonds is 5. The fourth-order valence-corrected chi connectivity index (χ4v) is 5.37. The highest BCUT2D eigenvalue weighted by atomic mass is 32.2. The second-order valence-corrected chi connectivity index (χ2v) is 11.1. The summed E-state index contributed by atoms with van der Waals surface area (Å²) < 4.78 is 40.1. The molecule has 0 aliphatic carbocycles. The average molecular weight is 593 g/mol. The van der Waals surface area contributed by atoms with Crippen LogP contribution in [0, 0.1) is 13.8 Å². The van der Waals surface area contributed by atoms with Crippen LogP contribution in [0.15, 0.2) is 72.2 Å². The normalized spacial score (nSPS) is 14.7. The Labute approximate surface area is 244 Å². The summed E-state index contributed by atoms with van der Waals surface area (Å²) in [6.45, 7) is 7.87. The Morgan fingerprint density at radius 1 is 1.07 bits per heavy atom. The molecule has 0 atom stereocenters. The maximum Gasteiger partial charge on any atom is 0.417 e. The zero-order chi connectivity index (χ0) is 30.2. The zero-order valence-corrected chi connectivity index (χ0v) is 24.0. The maximum absolute atomic E-state index is 12.9. The van der Waals surface area contributed by atoms with Gasteiger partial charge in [-0.15, -0.1) is 0 Å². The van der Waals surface area contributed by atoms with E-state index in [4.69, 9.17) is 0 Å². The number of aryl methyl sites for hydroxylation is 2. The number of alkyl halides is 3. The number of halogens is 3. The summed E-state index contributed by atoms with van der Waals surface area (Å²) in [5, 5.41) is 3.12. The standard InChI is InChI=1S/C30H27F3N6O2S/c1-17(2)22-8-5-18(3)11-25(22)39-27(40)15-42-29(39)37-28(41)36-23-9-6-20(12-19(23)4)24-14-38(16-35-24)26-10-7-21(13-34-26)30(31,32)33/h5-14,16-17H,15H2,1-4H3,(H,36,41). The second kappa shape index (κ2) is 11.4. The van der Waals surface area contributed by atoms with E-state index >= 15 is 0 Å². The number of aromatic nitrogens is 3. The zero-order valence-electron chi connectivity index (χ0n) is 23.2. The number of hydrogen-bond donors (Lipinski definition) is 1. The minimum absolute atomic E-state index is 0.134. The molecule has 1 fully saturated rings. The Morgan fingerprint density at radius 3 is 2.52 bits per heavy atom. The van der Waals surface area contributed by atoms with Crippen LogP contribution in [-0.4, -0.2) is 37.4 Å². The van der Waals surface area contributed by atoms with Gasteiger partial charge in [0.25, 0.3) is 0 Å². The third kappa shape index (κ3) is 6.08. The second-order valence-electron chi connectivity index (χ2n) is 10.2. The van der Waals surface area contributed by atoms with Gasteiger partial charge in [-0.1, -0.05) is 43.8 Å². The molecule has 3 amide bonds. The van der Waals surface area contributed by atoms with Gasteiger partial charge >= 0.3 is 12.2 Å². The fraction of sp³-hybridized carbons (Fsp3) is 0.233. The maximum atomic E-state index is 12.9. The summed E-state index contributed by atoms with van der Waals surface area (Å²) >= 11 is 1.22. The summed E-state index contributed by atoms with van der Waals surface area (Å²) in [6, 6.07) is 12.9. The highest BCUT2D eigenvalue weighted by molar-refractivity contribution is 8.15. The van der Waals surface area contributed by atoms with Crippen molar-refractivity contribution in [3.8, 4) is 17.1 Å². The average Bonchev–Trinajstić information content (AvgIpc) is 3.56. The molecule has 0 unspecified atom stereocenters. The van der Waals surface area contributed by atoms with Gasteiger partial charge in [-0.05, 0) is 66.8 Å². The number of amides is 3. The minimum Gasteiger partial charge on any atom is -0.306 e. The van der Waals surface area contributed by atoms with Gasteiger partial charge in [-0.25, -0.2) is 14.8 Å². The van der Waals surface area contributed by atoms with Crippen molar-refractivity contribution < 1.29 is 22.8 Å². The Balaban J connectivity index is 1.33. The van der Waals surface area contributed by atoms with Crippen molar-refractivity contribution in [2.24, 2.45) is 4.99 Å². The molecule has 0 spiro atoms. The van der Waals surface area contributed by atoms with Crippen LogP contribution in [0.2, 0.25) is 0 Å². The Kier molecular flexibility index (Phi) is 7.91. The number of nitrogens with one attached hydrogen (secondary N) is 1. The van der Waals surface area contributed by atoms with E-state index in [1.165, 1.54) is 33.6 Å². The minimum atomic E-state index is -4.46. The topological polar surface area (TPSA) is 92.5 Å². The molecule has 2 aromatic carbocycles. The third-order valence-electron chi connectivity index (χ3n) is 6.70. The molecule has 1 aliphatic rings. The van der Waals surface area contributed by atoms with E-state index in [0.717, 1.165) is 40.2 Å². The number of urea groups is 1. The van der Waals surface area contributed by atoms with Crippen LogP contribution >= 0.6 is 11.8 Å². The first-order valence-corrected chi connectivity index (χ1v) is 14.0. The number of amidine groups is 1. The van der Waals surface area contributed by atoms with Crippen LogP contribution in [0.5, 0.6) is 0 Å². The van der Waals surface area contributed by atoms with Gasteiger partial charge in [0, 0.05) is 23.6 Å². The third-order valence-corrected chi connectivity index (χ3v) is 7.62. The van der Waals surface area contributed by atoms with E-state index in [1.54, 1.807) is 18.3 Å². The van der Waals surface area contributed by atoms with Gasteiger partial charge in [0.15, 0.2) is 5.17 Å². The van der Waals surface area contributed by atoms with E-state index in [2.05, 4.69) is 20.3 Å². The van der Waals surface area contributed by atoms with Crippen molar-refractivity contribution in [2.45, 2.75) is 39.8 Å². The molecule has 8 nitrogen and oxygen atoms in total. The molecule has 1 N–H and O–H groups in total. The number of anilines is 2. The predicted octanol–water partition coefficient (Wildman–Crippen LogP) is 7.36. The highest BCUT2D eigenvalue weighted by Crippen LogP contribution is 2.34. The van der Waals surface area contributed by atoms with E-state index in [-0.39, 0.29) is 17.6 Å².